The molecule has 0 amide bonds. The molecule has 0 saturated heterocycles. The lowest BCUT2D eigenvalue weighted by molar-refractivity contribution is -0.142. The van der Waals surface area contributed by atoms with Crippen molar-refractivity contribution in [2.45, 2.75) is 25.6 Å². The number of hydrogen-bond acceptors (Lipinski definition) is 5. The van der Waals surface area contributed by atoms with Crippen LogP contribution in [0.5, 0.6) is 0 Å². The highest BCUT2D eigenvalue weighted by molar-refractivity contribution is 5.74. The van der Waals surface area contributed by atoms with Crippen LogP contribution in [0.25, 0.3) is 0 Å². The maximum absolute atomic E-state index is 10.7. The van der Waals surface area contributed by atoms with Crippen molar-refractivity contribution in [2.75, 3.05) is 5.73 Å². The van der Waals surface area contributed by atoms with Crippen LogP contribution in [0.1, 0.15) is 12.7 Å². The van der Waals surface area contributed by atoms with Gasteiger partial charge in [-0.1, -0.05) is 0 Å². The van der Waals surface area contributed by atoms with Gasteiger partial charge in [0.15, 0.2) is 5.88 Å². The highest BCUT2D eigenvalue weighted by atomic mass is 16.4. The average molecular weight is 214 g/mol. The van der Waals surface area contributed by atoms with Gasteiger partial charge in [-0.3, -0.25) is 10.1 Å². The van der Waals surface area contributed by atoms with E-state index in [1.165, 1.54) is 6.92 Å². The summed E-state index contributed by atoms with van der Waals surface area (Å²) in [5.41, 5.74) is 5.34. The van der Waals surface area contributed by atoms with E-state index in [0.29, 0.717) is 5.76 Å². The molecule has 1 heterocycles. The number of hydrogen-bond donors (Lipinski definition) is 4. The molecule has 1 rings (SSSR count). The highest BCUT2D eigenvalue weighted by Gasteiger charge is 2.22. The number of nitrogens with one attached hydrogen (secondary N) is 1. The molecule has 84 valence electrons. The Labute approximate surface area is 86.7 Å². The normalized spacial score (nSPS) is 14.8. The van der Waals surface area contributed by atoms with Gasteiger partial charge in [0.25, 0.3) is 0 Å². The van der Waals surface area contributed by atoms with Crippen LogP contribution in [0.15, 0.2) is 16.5 Å². The van der Waals surface area contributed by atoms with Gasteiger partial charge in [-0.15, -0.1) is 0 Å². The maximum Gasteiger partial charge on any atom is 0.323 e. The summed E-state index contributed by atoms with van der Waals surface area (Å²) in [6, 6.07) is 2.20. The Morgan fingerprint density at radius 3 is 2.73 bits per heavy atom. The van der Waals surface area contributed by atoms with E-state index in [4.69, 9.17) is 20.4 Å². The van der Waals surface area contributed by atoms with E-state index in [-0.39, 0.29) is 12.4 Å². The standard InChI is InChI=1S/C9H14N2O4/c1-5(12)8(9(13)14)11-4-6-2-3-7(10)15-6/h2-3,5,8,11-12H,4,10H2,1H3,(H,13,14). The van der Waals surface area contributed by atoms with Crippen molar-refractivity contribution in [2.24, 2.45) is 0 Å². The fourth-order valence-corrected chi connectivity index (χ4v) is 1.16. The molecule has 2 atom stereocenters. The first kappa shape index (κ1) is 11.5. The Bertz CT molecular complexity index is 335. The van der Waals surface area contributed by atoms with Crippen LogP contribution in [0.3, 0.4) is 0 Å². The molecule has 0 bridgehead atoms. The van der Waals surface area contributed by atoms with Gasteiger partial charge < -0.3 is 20.4 Å². The zero-order valence-electron chi connectivity index (χ0n) is 8.30. The molecule has 0 radical (unpaired) electrons. The Morgan fingerprint density at radius 2 is 2.33 bits per heavy atom. The fourth-order valence-electron chi connectivity index (χ4n) is 1.16. The lowest BCUT2D eigenvalue weighted by Crippen LogP contribution is -2.44. The second-order valence-corrected chi connectivity index (χ2v) is 3.24. The molecule has 0 aliphatic heterocycles. The molecule has 2 unspecified atom stereocenters. The molecule has 1 aromatic rings. The number of carbonyl (C=O) groups is 1. The van der Waals surface area contributed by atoms with Crippen molar-refractivity contribution >= 4 is 11.9 Å². The third kappa shape index (κ3) is 3.26. The quantitative estimate of drug-likeness (QED) is 0.540. The van der Waals surface area contributed by atoms with E-state index in [0.717, 1.165) is 0 Å². The van der Waals surface area contributed by atoms with Crippen LogP contribution in [0, 0.1) is 0 Å². The predicted molar refractivity (Wildman–Crippen MR) is 53.1 cm³/mol. The van der Waals surface area contributed by atoms with Crippen LogP contribution in [-0.4, -0.2) is 28.3 Å². The van der Waals surface area contributed by atoms with Crippen LogP contribution >= 0.6 is 0 Å². The minimum absolute atomic E-state index is 0.207. The number of aliphatic hydroxyl groups excluding tert-OH is 1. The molecular weight excluding hydrogens is 200 g/mol. The van der Waals surface area contributed by atoms with E-state index in [9.17, 15) is 4.79 Å². The molecule has 0 aliphatic carbocycles. The minimum Gasteiger partial charge on any atom is -0.480 e. The summed E-state index contributed by atoms with van der Waals surface area (Å²) in [5, 5.41) is 20.6. The van der Waals surface area contributed by atoms with E-state index in [1.807, 2.05) is 0 Å². The Kier molecular flexibility index (Phi) is 3.70. The Morgan fingerprint density at radius 1 is 1.67 bits per heavy atom. The third-order valence-electron chi connectivity index (χ3n) is 1.93. The van der Waals surface area contributed by atoms with E-state index in [2.05, 4.69) is 5.32 Å². The Hall–Kier alpha value is -1.53. The molecule has 0 fully saturated rings. The van der Waals surface area contributed by atoms with Gasteiger partial charge in [-0.05, 0) is 13.0 Å². The van der Waals surface area contributed by atoms with Gasteiger partial charge in [-0.2, -0.15) is 0 Å². The van der Waals surface area contributed by atoms with Crippen molar-refractivity contribution in [3.05, 3.63) is 17.9 Å². The zero-order chi connectivity index (χ0) is 11.4. The number of nitrogen functional groups attached to an aromatic ring is 1. The van der Waals surface area contributed by atoms with E-state index < -0.39 is 18.1 Å². The van der Waals surface area contributed by atoms with E-state index >= 15 is 0 Å². The van der Waals surface area contributed by atoms with Gasteiger partial charge in [0.2, 0.25) is 0 Å². The molecule has 6 heteroatoms. The maximum atomic E-state index is 10.7. The van der Waals surface area contributed by atoms with Gasteiger partial charge in [0, 0.05) is 6.07 Å². The number of furan rings is 1. The fraction of sp³-hybridized carbons (Fsp3) is 0.444. The van der Waals surface area contributed by atoms with Gasteiger partial charge in [0.05, 0.1) is 12.6 Å². The second-order valence-electron chi connectivity index (χ2n) is 3.24. The first-order chi connectivity index (χ1) is 7.00. The molecule has 1 aromatic heterocycles. The van der Waals surface area contributed by atoms with Gasteiger partial charge >= 0.3 is 5.97 Å². The number of carboxylic acids is 1. The van der Waals surface area contributed by atoms with Crippen LogP contribution in [-0.2, 0) is 11.3 Å². The van der Waals surface area contributed by atoms with Gasteiger partial charge in [-0.25, -0.2) is 0 Å². The van der Waals surface area contributed by atoms with Crippen LogP contribution < -0.4 is 11.1 Å². The second kappa shape index (κ2) is 4.81. The number of aliphatic hydroxyl groups is 1. The summed E-state index contributed by atoms with van der Waals surface area (Å²) >= 11 is 0. The smallest absolute Gasteiger partial charge is 0.323 e. The summed E-state index contributed by atoms with van der Waals surface area (Å²) in [7, 11) is 0. The monoisotopic (exact) mass is 214 g/mol. The average Bonchev–Trinajstić information content (AvgIpc) is 2.50. The van der Waals surface area contributed by atoms with Crippen molar-refractivity contribution < 1.29 is 19.4 Å². The molecule has 0 aliphatic rings. The van der Waals surface area contributed by atoms with Crippen LogP contribution in [0.2, 0.25) is 0 Å². The summed E-state index contributed by atoms with van der Waals surface area (Å²) in [4.78, 5) is 10.7. The lowest BCUT2D eigenvalue weighted by Gasteiger charge is -2.15. The first-order valence-corrected chi connectivity index (χ1v) is 4.49. The molecule has 0 saturated carbocycles. The molecule has 0 spiro atoms. The van der Waals surface area contributed by atoms with Crippen molar-refractivity contribution in [1.29, 1.82) is 0 Å². The first-order valence-electron chi connectivity index (χ1n) is 4.49. The molecule has 0 aromatic carbocycles. The topological polar surface area (TPSA) is 109 Å². The molecule has 6 nitrogen and oxygen atoms in total. The number of rotatable bonds is 5. The minimum atomic E-state index is -1.11. The summed E-state index contributed by atoms with van der Waals surface area (Å²) in [6.45, 7) is 1.61. The molecular formula is C9H14N2O4. The largest absolute Gasteiger partial charge is 0.480 e. The summed E-state index contributed by atoms with van der Waals surface area (Å²) in [6.07, 6.45) is -0.977. The Balaban J connectivity index is 2.50. The number of aliphatic carboxylic acids is 1. The zero-order valence-corrected chi connectivity index (χ0v) is 8.30. The summed E-state index contributed by atoms with van der Waals surface area (Å²) < 4.78 is 5.03. The van der Waals surface area contributed by atoms with E-state index in [1.54, 1.807) is 12.1 Å². The predicted octanol–water partition coefficient (Wildman–Crippen LogP) is -0.215. The van der Waals surface area contributed by atoms with Crippen molar-refractivity contribution in [3.63, 3.8) is 0 Å². The number of carboxylic acid groups (broad SMARTS) is 1. The van der Waals surface area contributed by atoms with Crippen molar-refractivity contribution in [1.82, 2.24) is 5.32 Å². The number of anilines is 1. The van der Waals surface area contributed by atoms with Crippen molar-refractivity contribution in [3.8, 4) is 0 Å². The molecule has 5 N–H and O–H groups in total. The van der Waals surface area contributed by atoms with Gasteiger partial charge in [0.1, 0.15) is 11.8 Å². The number of nitrogens with two attached hydrogens (primary N) is 1. The third-order valence-corrected chi connectivity index (χ3v) is 1.93. The lowest BCUT2D eigenvalue weighted by atomic mass is 10.2. The highest BCUT2D eigenvalue weighted by Crippen LogP contribution is 2.09. The SMILES string of the molecule is CC(O)C(NCc1ccc(N)o1)C(=O)O. The summed E-state index contributed by atoms with van der Waals surface area (Å²) in [5.74, 6) is -0.306. The molecule has 15 heavy (non-hydrogen) atoms. The van der Waals surface area contributed by atoms with Crippen LogP contribution in [0.4, 0.5) is 5.88 Å².